The summed E-state index contributed by atoms with van der Waals surface area (Å²) >= 11 is 5.89. The van der Waals surface area contributed by atoms with Crippen molar-refractivity contribution in [3.8, 4) is 5.75 Å². The van der Waals surface area contributed by atoms with E-state index in [9.17, 15) is 4.79 Å². The zero-order valence-corrected chi connectivity index (χ0v) is 15.2. The Balaban J connectivity index is 1.78. The van der Waals surface area contributed by atoms with Gasteiger partial charge in [0.15, 0.2) is 0 Å². The van der Waals surface area contributed by atoms with Crippen LogP contribution in [0.2, 0.25) is 5.02 Å². The van der Waals surface area contributed by atoms with Crippen molar-refractivity contribution in [1.29, 1.82) is 0 Å². The van der Waals surface area contributed by atoms with Crippen molar-refractivity contribution in [2.45, 2.75) is 6.92 Å². The highest BCUT2D eigenvalue weighted by Gasteiger charge is 2.11. The first-order chi connectivity index (χ1) is 12.5. The van der Waals surface area contributed by atoms with E-state index in [4.69, 9.17) is 16.3 Å². The summed E-state index contributed by atoms with van der Waals surface area (Å²) in [4.78, 5) is 16.7. The topological polar surface area (TPSA) is 63.2 Å². The number of hydrogen-bond acceptors (Lipinski definition) is 4. The van der Waals surface area contributed by atoms with Gasteiger partial charge in [-0.3, -0.25) is 9.78 Å². The van der Waals surface area contributed by atoms with Crippen LogP contribution in [-0.4, -0.2) is 18.0 Å². The highest BCUT2D eigenvalue weighted by Crippen LogP contribution is 2.26. The smallest absolute Gasteiger partial charge is 0.257 e. The number of anilines is 3. The van der Waals surface area contributed by atoms with Crippen molar-refractivity contribution in [3.63, 3.8) is 0 Å². The highest BCUT2D eigenvalue weighted by atomic mass is 35.5. The van der Waals surface area contributed by atoms with E-state index in [-0.39, 0.29) is 5.91 Å². The maximum atomic E-state index is 12.6. The number of pyridine rings is 1. The largest absolute Gasteiger partial charge is 0.495 e. The van der Waals surface area contributed by atoms with Crippen molar-refractivity contribution in [3.05, 3.63) is 77.1 Å². The van der Waals surface area contributed by atoms with Gasteiger partial charge in [-0.1, -0.05) is 17.7 Å². The predicted octanol–water partition coefficient (Wildman–Crippen LogP) is 5.05. The second-order valence-electron chi connectivity index (χ2n) is 5.75. The lowest BCUT2D eigenvalue weighted by atomic mass is 10.2. The summed E-state index contributed by atoms with van der Waals surface area (Å²) in [7, 11) is 1.57. The fraction of sp³-hybridized carbons (Fsp3) is 0.100. The predicted molar refractivity (Wildman–Crippen MR) is 105 cm³/mol. The standard InChI is InChI=1S/C20H18ClN3O2/c1-13-3-8-19(26-2)18(9-13)24-20(25)14-10-17(12-22-11-14)23-16-6-4-15(21)5-7-16/h3-12,23H,1-2H3,(H,24,25). The number of halogens is 1. The van der Waals surface area contributed by atoms with Gasteiger partial charge in [0.1, 0.15) is 5.75 Å². The molecule has 2 N–H and O–H groups in total. The van der Waals surface area contributed by atoms with E-state index in [1.54, 1.807) is 31.5 Å². The number of amides is 1. The second kappa shape index (κ2) is 7.89. The van der Waals surface area contributed by atoms with Crippen LogP contribution in [-0.2, 0) is 0 Å². The first kappa shape index (κ1) is 17.8. The molecule has 3 aromatic rings. The Morgan fingerprint density at radius 2 is 1.81 bits per heavy atom. The lowest BCUT2D eigenvalue weighted by Gasteiger charge is -2.12. The van der Waals surface area contributed by atoms with E-state index < -0.39 is 0 Å². The fourth-order valence-corrected chi connectivity index (χ4v) is 2.57. The lowest BCUT2D eigenvalue weighted by Crippen LogP contribution is -2.13. The van der Waals surface area contributed by atoms with Crippen LogP contribution >= 0.6 is 11.6 Å². The van der Waals surface area contributed by atoms with Crippen molar-refractivity contribution < 1.29 is 9.53 Å². The number of rotatable bonds is 5. The number of carbonyl (C=O) groups excluding carboxylic acids is 1. The molecular weight excluding hydrogens is 350 g/mol. The zero-order chi connectivity index (χ0) is 18.5. The van der Waals surface area contributed by atoms with E-state index in [2.05, 4.69) is 15.6 Å². The number of nitrogens with zero attached hydrogens (tertiary/aromatic N) is 1. The van der Waals surface area contributed by atoms with Gasteiger partial charge >= 0.3 is 0 Å². The lowest BCUT2D eigenvalue weighted by molar-refractivity contribution is 0.102. The number of benzene rings is 2. The molecule has 0 aliphatic rings. The number of nitrogens with one attached hydrogen (secondary N) is 2. The molecule has 0 radical (unpaired) electrons. The summed E-state index contributed by atoms with van der Waals surface area (Å²) in [6.45, 7) is 1.95. The third-order valence-corrected chi connectivity index (χ3v) is 3.99. The molecule has 2 aromatic carbocycles. The van der Waals surface area contributed by atoms with Crippen molar-refractivity contribution >= 4 is 34.6 Å². The minimum absolute atomic E-state index is 0.263. The molecule has 0 saturated heterocycles. The van der Waals surface area contributed by atoms with Crippen LogP contribution in [0.5, 0.6) is 5.75 Å². The Labute approximate surface area is 157 Å². The van der Waals surface area contributed by atoms with Gasteiger partial charge in [-0.25, -0.2) is 0 Å². The van der Waals surface area contributed by atoms with Crippen LogP contribution in [0.25, 0.3) is 0 Å². The number of hydrogen-bond donors (Lipinski definition) is 2. The third kappa shape index (κ3) is 4.32. The van der Waals surface area contributed by atoms with E-state index in [0.29, 0.717) is 27.7 Å². The summed E-state index contributed by atoms with van der Waals surface area (Å²) in [5.74, 6) is 0.341. The molecule has 0 bridgehead atoms. The van der Waals surface area contributed by atoms with Gasteiger partial charge in [-0.15, -0.1) is 0 Å². The maximum Gasteiger partial charge on any atom is 0.257 e. The first-order valence-corrected chi connectivity index (χ1v) is 8.36. The molecule has 132 valence electrons. The molecule has 0 saturated carbocycles. The Morgan fingerprint density at radius 3 is 2.54 bits per heavy atom. The molecule has 1 aromatic heterocycles. The van der Waals surface area contributed by atoms with Crippen LogP contribution in [0.4, 0.5) is 17.1 Å². The molecule has 26 heavy (non-hydrogen) atoms. The molecule has 0 unspecified atom stereocenters. The van der Waals surface area contributed by atoms with Crippen LogP contribution in [0.15, 0.2) is 60.9 Å². The van der Waals surface area contributed by atoms with E-state index in [0.717, 1.165) is 11.3 Å². The molecule has 0 atom stereocenters. The molecule has 0 aliphatic heterocycles. The van der Waals surface area contributed by atoms with Crippen molar-refractivity contribution in [2.24, 2.45) is 0 Å². The Morgan fingerprint density at radius 1 is 1.04 bits per heavy atom. The highest BCUT2D eigenvalue weighted by molar-refractivity contribution is 6.30. The van der Waals surface area contributed by atoms with E-state index >= 15 is 0 Å². The minimum atomic E-state index is -0.263. The molecule has 1 amide bonds. The molecule has 1 heterocycles. The third-order valence-electron chi connectivity index (χ3n) is 3.74. The molecule has 0 aliphatic carbocycles. The fourth-order valence-electron chi connectivity index (χ4n) is 2.45. The SMILES string of the molecule is COc1ccc(C)cc1NC(=O)c1cncc(Nc2ccc(Cl)cc2)c1. The second-order valence-corrected chi connectivity index (χ2v) is 6.19. The summed E-state index contributed by atoms with van der Waals surface area (Å²) in [6.07, 6.45) is 3.17. The van der Waals surface area contributed by atoms with Crippen LogP contribution in [0.3, 0.4) is 0 Å². The summed E-state index contributed by atoms with van der Waals surface area (Å²) in [6, 6.07) is 14.6. The normalized spacial score (nSPS) is 10.3. The van der Waals surface area contributed by atoms with E-state index in [1.807, 2.05) is 37.3 Å². The van der Waals surface area contributed by atoms with Gasteiger partial charge in [0.05, 0.1) is 30.2 Å². The molecule has 0 fully saturated rings. The van der Waals surface area contributed by atoms with Crippen molar-refractivity contribution in [2.75, 3.05) is 17.7 Å². The zero-order valence-electron chi connectivity index (χ0n) is 14.4. The van der Waals surface area contributed by atoms with Gasteiger partial charge in [-0.05, 0) is 55.0 Å². The molecule has 3 rings (SSSR count). The summed E-state index contributed by atoms with van der Waals surface area (Å²) in [5.41, 5.74) is 3.64. The van der Waals surface area contributed by atoms with Gasteiger partial charge < -0.3 is 15.4 Å². The Kier molecular flexibility index (Phi) is 5.39. The Hall–Kier alpha value is -3.05. The maximum absolute atomic E-state index is 12.6. The quantitative estimate of drug-likeness (QED) is 0.662. The minimum Gasteiger partial charge on any atom is -0.495 e. The van der Waals surface area contributed by atoms with Gasteiger partial charge in [0, 0.05) is 16.9 Å². The molecule has 0 spiro atoms. The number of methoxy groups -OCH3 is 1. The number of aromatic nitrogens is 1. The Bertz CT molecular complexity index is 927. The molecule has 5 nitrogen and oxygen atoms in total. The summed E-state index contributed by atoms with van der Waals surface area (Å²) < 4.78 is 5.30. The number of carbonyl (C=O) groups is 1. The van der Waals surface area contributed by atoms with Crippen LogP contribution in [0.1, 0.15) is 15.9 Å². The van der Waals surface area contributed by atoms with Crippen LogP contribution in [0, 0.1) is 6.92 Å². The number of ether oxygens (including phenoxy) is 1. The van der Waals surface area contributed by atoms with Gasteiger partial charge in [0.2, 0.25) is 0 Å². The monoisotopic (exact) mass is 367 g/mol. The average molecular weight is 368 g/mol. The van der Waals surface area contributed by atoms with Crippen LogP contribution < -0.4 is 15.4 Å². The number of aryl methyl sites for hydroxylation is 1. The van der Waals surface area contributed by atoms with Gasteiger partial charge in [-0.2, -0.15) is 0 Å². The summed E-state index contributed by atoms with van der Waals surface area (Å²) in [5, 5.41) is 6.73. The first-order valence-electron chi connectivity index (χ1n) is 7.99. The van der Waals surface area contributed by atoms with E-state index in [1.165, 1.54) is 6.20 Å². The van der Waals surface area contributed by atoms with Gasteiger partial charge in [0.25, 0.3) is 5.91 Å². The molecular formula is C20H18ClN3O2. The van der Waals surface area contributed by atoms with Crippen molar-refractivity contribution in [1.82, 2.24) is 4.98 Å². The average Bonchev–Trinajstić information content (AvgIpc) is 2.64. The molecule has 6 heteroatoms.